The van der Waals surface area contributed by atoms with E-state index in [-0.39, 0.29) is 44.5 Å². The molecular weight excluding hydrogens is 616 g/mol. The molecule has 0 spiro atoms. The molecular formula is C36H60N4O8. The number of esters is 4. The highest BCUT2D eigenvalue weighted by Crippen LogP contribution is 2.17. The molecule has 12 nitrogen and oxygen atoms in total. The number of rotatable bonds is 11. The summed E-state index contributed by atoms with van der Waals surface area (Å²) in [4.78, 5) is 58.2. The molecule has 1 N–H and O–H groups in total. The Labute approximate surface area is 287 Å². The monoisotopic (exact) mass is 676 g/mol. The van der Waals surface area contributed by atoms with E-state index in [9.17, 15) is 19.2 Å². The molecule has 1 heterocycles. The van der Waals surface area contributed by atoms with E-state index >= 15 is 0 Å². The van der Waals surface area contributed by atoms with Crippen LogP contribution in [0.2, 0.25) is 0 Å². The van der Waals surface area contributed by atoms with Crippen molar-refractivity contribution in [2.75, 3.05) is 65.4 Å². The van der Waals surface area contributed by atoms with Crippen LogP contribution < -0.4 is 5.32 Å². The molecule has 0 aliphatic carbocycles. The van der Waals surface area contributed by atoms with E-state index in [1.54, 1.807) is 0 Å². The summed E-state index contributed by atoms with van der Waals surface area (Å²) < 4.78 is 22.6. The van der Waals surface area contributed by atoms with Crippen molar-refractivity contribution < 1.29 is 38.1 Å². The van der Waals surface area contributed by atoms with Crippen LogP contribution in [0.5, 0.6) is 0 Å². The highest BCUT2D eigenvalue weighted by molar-refractivity contribution is 5.78. The van der Waals surface area contributed by atoms with Gasteiger partial charge in [0.1, 0.15) is 29.5 Å². The fraction of sp³-hybridized carbons (Fsp3) is 0.722. The molecule has 12 heteroatoms. The van der Waals surface area contributed by atoms with Gasteiger partial charge in [-0.15, -0.1) is 0 Å². The van der Waals surface area contributed by atoms with Crippen LogP contribution in [0.4, 0.5) is 0 Å². The quantitative estimate of drug-likeness (QED) is 0.273. The predicted molar refractivity (Wildman–Crippen MR) is 184 cm³/mol. The first-order valence-corrected chi connectivity index (χ1v) is 17.1. The standard InChI is InChI=1S/C36H60N4O8/c1-34(2,3)46-31(42)25-38-19-17-37-18-20-39(26-32(43)47-35(4,5)6)22-24-40(23-21-38)29(33(44)48-36(7,8)9)15-16-30(41)45-27-28-13-11-10-12-14-28/h10-14,29,37H,15-27H2,1-9H3. The van der Waals surface area contributed by atoms with E-state index in [4.69, 9.17) is 18.9 Å². The van der Waals surface area contributed by atoms with Crippen LogP contribution in [0.1, 0.15) is 80.7 Å². The van der Waals surface area contributed by atoms with Crippen molar-refractivity contribution in [3.8, 4) is 0 Å². The fourth-order valence-corrected chi connectivity index (χ4v) is 5.10. The van der Waals surface area contributed by atoms with E-state index in [0.717, 1.165) is 5.56 Å². The Morgan fingerprint density at radius 2 is 1.15 bits per heavy atom. The maximum absolute atomic E-state index is 13.8. The van der Waals surface area contributed by atoms with E-state index in [1.165, 1.54) is 0 Å². The number of benzene rings is 1. The summed E-state index contributed by atoms with van der Waals surface area (Å²) in [5, 5.41) is 3.41. The summed E-state index contributed by atoms with van der Waals surface area (Å²) in [7, 11) is 0. The summed E-state index contributed by atoms with van der Waals surface area (Å²) in [5.74, 6) is -1.50. The minimum absolute atomic E-state index is 0.0143. The maximum atomic E-state index is 13.8. The zero-order valence-electron chi connectivity index (χ0n) is 30.8. The van der Waals surface area contributed by atoms with Gasteiger partial charge in [0.25, 0.3) is 0 Å². The molecule has 0 amide bonds. The Morgan fingerprint density at radius 3 is 1.60 bits per heavy atom. The van der Waals surface area contributed by atoms with Gasteiger partial charge in [-0.1, -0.05) is 30.3 Å². The molecule has 1 aliphatic rings. The molecule has 1 atom stereocenters. The zero-order chi connectivity index (χ0) is 36.0. The van der Waals surface area contributed by atoms with Gasteiger partial charge in [0, 0.05) is 58.8 Å². The number of carbonyl (C=O) groups excluding carboxylic acids is 4. The summed E-state index contributed by atoms with van der Waals surface area (Å²) in [6.45, 7) is 20.9. The molecule has 0 radical (unpaired) electrons. The second-order valence-corrected chi connectivity index (χ2v) is 15.2. The molecule has 1 fully saturated rings. The molecule has 2 rings (SSSR count). The van der Waals surface area contributed by atoms with Crippen molar-refractivity contribution >= 4 is 23.9 Å². The molecule has 0 bridgehead atoms. The lowest BCUT2D eigenvalue weighted by Crippen LogP contribution is -2.52. The van der Waals surface area contributed by atoms with Gasteiger partial charge < -0.3 is 24.3 Å². The second-order valence-electron chi connectivity index (χ2n) is 15.2. The lowest BCUT2D eigenvalue weighted by atomic mass is 10.1. The van der Waals surface area contributed by atoms with Crippen molar-refractivity contribution in [1.29, 1.82) is 0 Å². The van der Waals surface area contributed by atoms with Gasteiger partial charge in [-0.3, -0.25) is 33.9 Å². The third-order valence-electron chi connectivity index (χ3n) is 7.15. The Kier molecular flexibility index (Phi) is 16.5. The average Bonchev–Trinajstić information content (AvgIpc) is 2.93. The lowest BCUT2D eigenvalue weighted by molar-refractivity contribution is -0.163. The molecule has 0 saturated carbocycles. The molecule has 0 aromatic heterocycles. The maximum Gasteiger partial charge on any atom is 0.323 e. The summed E-state index contributed by atoms with van der Waals surface area (Å²) in [6.07, 6.45) is 0.197. The van der Waals surface area contributed by atoms with Gasteiger partial charge in [0.05, 0.1) is 13.1 Å². The Morgan fingerprint density at radius 1 is 0.667 bits per heavy atom. The van der Waals surface area contributed by atoms with Crippen LogP contribution >= 0.6 is 0 Å². The molecule has 272 valence electrons. The van der Waals surface area contributed by atoms with Crippen LogP contribution in [0, 0.1) is 0 Å². The average molecular weight is 677 g/mol. The van der Waals surface area contributed by atoms with Gasteiger partial charge in [-0.05, 0) is 74.3 Å². The zero-order valence-corrected chi connectivity index (χ0v) is 30.8. The number of nitrogens with zero attached hydrogens (tertiary/aromatic N) is 3. The lowest BCUT2D eigenvalue weighted by Gasteiger charge is -2.36. The first-order chi connectivity index (χ1) is 22.3. The van der Waals surface area contributed by atoms with Crippen molar-refractivity contribution in [3.05, 3.63) is 35.9 Å². The molecule has 1 aromatic rings. The minimum atomic E-state index is -0.763. The highest BCUT2D eigenvalue weighted by Gasteiger charge is 2.32. The number of nitrogens with one attached hydrogen (secondary N) is 1. The van der Waals surface area contributed by atoms with Crippen LogP contribution in [0.3, 0.4) is 0 Å². The van der Waals surface area contributed by atoms with Crippen molar-refractivity contribution in [2.24, 2.45) is 0 Å². The van der Waals surface area contributed by atoms with Crippen molar-refractivity contribution in [2.45, 2.75) is 105 Å². The second kappa shape index (κ2) is 19.2. The Bertz CT molecular complexity index is 1110. The molecule has 1 aliphatic heterocycles. The number of hydrogen-bond acceptors (Lipinski definition) is 12. The minimum Gasteiger partial charge on any atom is -0.461 e. The Balaban J connectivity index is 2.30. The summed E-state index contributed by atoms with van der Waals surface area (Å²) >= 11 is 0. The van der Waals surface area contributed by atoms with Crippen molar-refractivity contribution in [3.63, 3.8) is 0 Å². The van der Waals surface area contributed by atoms with Crippen LogP contribution in [0.25, 0.3) is 0 Å². The highest BCUT2D eigenvalue weighted by atomic mass is 16.6. The van der Waals surface area contributed by atoms with E-state index in [1.807, 2.05) is 107 Å². The molecule has 48 heavy (non-hydrogen) atoms. The number of carbonyl (C=O) groups is 4. The van der Waals surface area contributed by atoms with Gasteiger partial charge in [-0.2, -0.15) is 0 Å². The number of ether oxygens (including phenoxy) is 4. The van der Waals surface area contributed by atoms with Crippen LogP contribution in [-0.2, 0) is 44.7 Å². The summed E-state index contributed by atoms with van der Waals surface area (Å²) in [5.41, 5.74) is -1.08. The normalized spacial score (nSPS) is 17.4. The molecule has 1 aromatic carbocycles. The molecule has 1 saturated heterocycles. The van der Waals surface area contributed by atoms with Gasteiger partial charge in [-0.25, -0.2) is 0 Å². The number of hydrogen-bond donors (Lipinski definition) is 1. The Hall–Kier alpha value is -3.06. The fourth-order valence-electron chi connectivity index (χ4n) is 5.10. The SMILES string of the molecule is CC(C)(C)OC(=O)CN1CCNCCN(CC(=O)OC(C)(C)C)CCN(C(CCC(=O)OCc2ccccc2)C(=O)OC(C)(C)C)CC1. The first kappa shape index (κ1) is 41.1. The smallest absolute Gasteiger partial charge is 0.323 e. The van der Waals surface area contributed by atoms with Crippen molar-refractivity contribution in [1.82, 2.24) is 20.0 Å². The van der Waals surface area contributed by atoms with E-state index in [2.05, 4.69) is 5.32 Å². The predicted octanol–water partition coefficient (Wildman–Crippen LogP) is 3.41. The van der Waals surface area contributed by atoms with E-state index in [0.29, 0.717) is 52.4 Å². The largest absolute Gasteiger partial charge is 0.461 e. The van der Waals surface area contributed by atoms with Gasteiger partial charge in [0.2, 0.25) is 0 Å². The third kappa shape index (κ3) is 18.5. The van der Waals surface area contributed by atoms with Crippen LogP contribution in [-0.4, -0.2) is 127 Å². The topological polar surface area (TPSA) is 127 Å². The molecule has 1 unspecified atom stereocenters. The van der Waals surface area contributed by atoms with Crippen LogP contribution in [0.15, 0.2) is 30.3 Å². The van der Waals surface area contributed by atoms with Gasteiger partial charge >= 0.3 is 23.9 Å². The third-order valence-corrected chi connectivity index (χ3v) is 7.15. The van der Waals surface area contributed by atoms with Gasteiger partial charge in [0.15, 0.2) is 0 Å². The first-order valence-electron chi connectivity index (χ1n) is 17.1. The summed E-state index contributed by atoms with van der Waals surface area (Å²) in [6, 6.07) is 8.67. The van der Waals surface area contributed by atoms with E-state index < -0.39 is 34.8 Å².